The van der Waals surface area contributed by atoms with Crippen molar-refractivity contribution in [3.05, 3.63) is 83.1 Å². The lowest BCUT2D eigenvalue weighted by molar-refractivity contribution is -0.116. The van der Waals surface area contributed by atoms with Gasteiger partial charge in [-0.25, -0.2) is 0 Å². The molecule has 0 aliphatic carbocycles. The van der Waals surface area contributed by atoms with Crippen LogP contribution in [-0.2, 0) is 15.6 Å². The molecule has 0 bridgehead atoms. The number of aromatic amines is 1. The number of fused-ring (bicyclic) bond motifs is 1. The van der Waals surface area contributed by atoms with Crippen LogP contribution in [0.1, 0.15) is 82.6 Å². The van der Waals surface area contributed by atoms with Gasteiger partial charge in [-0.15, -0.1) is 0 Å². The van der Waals surface area contributed by atoms with E-state index in [9.17, 15) is 9.90 Å². The number of piperidine rings is 1. The molecule has 1 aliphatic heterocycles. The van der Waals surface area contributed by atoms with Gasteiger partial charge in [-0.2, -0.15) is 0 Å². The first-order valence-corrected chi connectivity index (χ1v) is 14.2. The normalized spacial score (nSPS) is 16.1. The lowest BCUT2D eigenvalue weighted by atomic mass is 9.78. The van der Waals surface area contributed by atoms with E-state index in [1.807, 2.05) is 24.3 Å². The maximum atomic E-state index is 12.4. The third-order valence-corrected chi connectivity index (χ3v) is 7.77. The molecule has 1 aromatic heterocycles. The topological polar surface area (TPSA) is 68.4 Å². The summed E-state index contributed by atoms with van der Waals surface area (Å²) in [6, 6.07) is 12.6. The molecule has 208 valence electrons. The molecule has 2 heterocycles. The summed E-state index contributed by atoms with van der Waals surface area (Å²) >= 11 is 0. The molecule has 5 nitrogen and oxygen atoms in total. The number of hydrogen-bond donors (Lipinski definition) is 3. The number of aromatic hydroxyl groups is 1. The van der Waals surface area contributed by atoms with Crippen molar-refractivity contribution < 1.29 is 9.90 Å². The number of para-hydroxylation sites is 1. The monoisotopic (exact) mass is 527 g/mol. The van der Waals surface area contributed by atoms with Gasteiger partial charge in [0.2, 0.25) is 5.91 Å². The molecule has 4 rings (SSSR count). The van der Waals surface area contributed by atoms with Crippen LogP contribution in [-0.4, -0.2) is 47.1 Å². The van der Waals surface area contributed by atoms with Gasteiger partial charge in [0.05, 0.1) is 0 Å². The highest BCUT2D eigenvalue weighted by molar-refractivity contribution is 5.88. The molecule has 1 saturated heterocycles. The lowest BCUT2D eigenvalue weighted by Crippen LogP contribution is -2.38. The van der Waals surface area contributed by atoms with Crippen molar-refractivity contribution in [3.63, 3.8) is 0 Å². The fraction of sp³-hybridized carbons (Fsp3) is 0.441. The number of likely N-dealkylation sites (tertiary alicyclic amines) is 1. The van der Waals surface area contributed by atoms with Crippen LogP contribution in [0.3, 0.4) is 0 Å². The quantitative estimate of drug-likeness (QED) is 0.228. The Morgan fingerprint density at radius 1 is 1.03 bits per heavy atom. The minimum atomic E-state index is -0.171. The van der Waals surface area contributed by atoms with Gasteiger partial charge >= 0.3 is 0 Å². The van der Waals surface area contributed by atoms with Gasteiger partial charge in [0.25, 0.3) is 0 Å². The summed E-state index contributed by atoms with van der Waals surface area (Å²) in [6.07, 6.45) is 11.7. The largest absolute Gasteiger partial charge is 0.507 e. The molecule has 0 saturated carbocycles. The Hall–Kier alpha value is -3.31. The predicted octanol–water partition coefficient (Wildman–Crippen LogP) is 7.03. The van der Waals surface area contributed by atoms with Crippen LogP contribution < -0.4 is 5.32 Å². The Labute approximate surface area is 234 Å². The van der Waals surface area contributed by atoms with Crippen molar-refractivity contribution in [1.82, 2.24) is 15.2 Å². The van der Waals surface area contributed by atoms with E-state index in [1.165, 1.54) is 16.5 Å². The van der Waals surface area contributed by atoms with E-state index in [4.69, 9.17) is 0 Å². The van der Waals surface area contributed by atoms with Crippen LogP contribution in [0.5, 0.6) is 5.75 Å². The number of amides is 1. The first kappa shape index (κ1) is 28.7. The Balaban J connectivity index is 1.25. The lowest BCUT2D eigenvalue weighted by Gasteiger charge is -2.31. The standard InChI is InChI=1S/C34H45N3O2/c1-33(2,3)28-21-24(22-29(32(28)39)34(4,5)6)11-7-10-14-31(38)35-17-20-37-18-15-25(16-19-37)27-23-36-30-13-9-8-12-26(27)30/h7-14,21-23,25,36,39H,15-20H2,1-6H3,(H,35,38)/b11-7+,14-10+. The molecule has 3 N–H and O–H groups in total. The molecule has 0 radical (unpaired) electrons. The van der Waals surface area contributed by atoms with E-state index >= 15 is 0 Å². The van der Waals surface area contributed by atoms with Crippen molar-refractivity contribution in [2.75, 3.05) is 26.2 Å². The van der Waals surface area contributed by atoms with Crippen molar-refractivity contribution >= 4 is 22.9 Å². The Morgan fingerprint density at radius 2 is 1.67 bits per heavy atom. The van der Waals surface area contributed by atoms with Gasteiger partial charge in [0.15, 0.2) is 0 Å². The zero-order chi connectivity index (χ0) is 28.2. The average molecular weight is 528 g/mol. The van der Waals surface area contributed by atoms with Crippen molar-refractivity contribution in [3.8, 4) is 5.75 Å². The third kappa shape index (κ3) is 7.21. The van der Waals surface area contributed by atoms with E-state index in [1.54, 1.807) is 12.2 Å². The second kappa shape index (κ2) is 11.8. The number of carbonyl (C=O) groups excluding carboxylic acids is 1. The maximum Gasteiger partial charge on any atom is 0.244 e. The number of phenolic OH excluding ortho intramolecular Hbond substituents is 1. The number of phenols is 1. The second-order valence-corrected chi connectivity index (χ2v) is 12.9. The second-order valence-electron chi connectivity index (χ2n) is 12.9. The number of nitrogens with one attached hydrogen (secondary N) is 2. The van der Waals surface area contributed by atoms with Gasteiger partial charge in [-0.3, -0.25) is 4.79 Å². The molecule has 1 amide bonds. The molecule has 2 aromatic carbocycles. The van der Waals surface area contributed by atoms with Crippen LogP contribution in [0.25, 0.3) is 17.0 Å². The molecule has 0 atom stereocenters. The number of hydrogen-bond acceptors (Lipinski definition) is 3. The molecule has 39 heavy (non-hydrogen) atoms. The van der Waals surface area contributed by atoms with Crippen LogP contribution in [0.2, 0.25) is 0 Å². The van der Waals surface area contributed by atoms with Gasteiger partial charge < -0.3 is 20.3 Å². The number of carbonyl (C=O) groups is 1. The fourth-order valence-electron chi connectivity index (χ4n) is 5.50. The summed E-state index contributed by atoms with van der Waals surface area (Å²) < 4.78 is 0. The van der Waals surface area contributed by atoms with Crippen molar-refractivity contribution in [1.29, 1.82) is 0 Å². The summed E-state index contributed by atoms with van der Waals surface area (Å²) in [4.78, 5) is 18.2. The summed E-state index contributed by atoms with van der Waals surface area (Å²) in [7, 11) is 0. The first-order chi connectivity index (χ1) is 18.4. The fourth-order valence-corrected chi connectivity index (χ4v) is 5.50. The Bertz CT molecular complexity index is 1310. The molecule has 5 heteroatoms. The van der Waals surface area contributed by atoms with E-state index in [0.29, 0.717) is 18.2 Å². The molecule has 3 aromatic rings. The number of rotatable bonds is 7. The van der Waals surface area contributed by atoms with Gasteiger partial charge in [0, 0.05) is 47.4 Å². The highest BCUT2D eigenvalue weighted by Gasteiger charge is 2.26. The van der Waals surface area contributed by atoms with Gasteiger partial charge in [-0.1, -0.05) is 78.0 Å². The SMILES string of the molecule is CC(C)(C)c1cc(/C=C/C=C/C(=O)NCCN2CCC(c3c[nH]c4ccccc34)CC2)cc(C(C)(C)C)c1O. The van der Waals surface area contributed by atoms with Crippen molar-refractivity contribution in [2.45, 2.75) is 71.1 Å². The maximum absolute atomic E-state index is 12.4. The van der Waals surface area contributed by atoms with Crippen LogP contribution >= 0.6 is 0 Å². The van der Waals surface area contributed by atoms with Crippen LogP contribution in [0, 0.1) is 0 Å². The Morgan fingerprint density at radius 3 is 2.31 bits per heavy atom. The summed E-state index contributed by atoms with van der Waals surface area (Å²) in [5.74, 6) is 0.892. The number of nitrogens with zero attached hydrogens (tertiary/aromatic N) is 1. The van der Waals surface area contributed by atoms with E-state index in [0.717, 1.165) is 49.2 Å². The molecule has 1 aliphatic rings. The summed E-state index contributed by atoms with van der Waals surface area (Å²) in [6.45, 7) is 16.3. The van der Waals surface area contributed by atoms with Crippen LogP contribution in [0.4, 0.5) is 0 Å². The predicted molar refractivity (Wildman–Crippen MR) is 163 cm³/mol. The molecular formula is C34H45N3O2. The smallest absolute Gasteiger partial charge is 0.244 e. The number of H-pyrrole nitrogens is 1. The summed E-state index contributed by atoms with van der Waals surface area (Å²) in [5.41, 5.74) is 5.19. The van der Waals surface area contributed by atoms with Crippen molar-refractivity contribution in [2.24, 2.45) is 0 Å². The Kier molecular flexibility index (Phi) is 8.70. The van der Waals surface area contributed by atoms with Gasteiger partial charge in [0.1, 0.15) is 5.75 Å². The highest BCUT2D eigenvalue weighted by atomic mass is 16.3. The number of benzene rings is 2. The minimum absolute atomic E-state index is 0.0789. The third-order valence-electron chi connectivity index (χ3n) is 7.77. The molecule has 0 unspecified atom stereocenters. The molecule has 1 fully saturated rings. The zero-order valence-electron chi connectivity index (χ0n) is 24.5. The van der Waals surface area contributed by atoms with Gasteiger partial charge in [-0.05, 0) is 72.0 Å². The highest BCUT2D eigenvalue weighted by Crippen LogP contribution is 2.40. The molecule has 0 spiro atoms. The molecular weight excluding hydrogens is 482 g/mol. The first-order valence-electron chi connectivity index (χ1n) is 14.2. The number of aromatic nitrogens is 1. The van der Waals surface area contributed by atoms with E-state index in [-0.39, 0.29) is 16.7 Å². The number of allylic oxidation sites excluding steroid dienone is 2. The average Bonchev–Trinajstić information content (AvgIpc) is 3.30. The summed E-state index contributed by atoms with van der Waals surface area (Å²) in [5, 5.41) is 15.3. The minimum Gasteiger partial charge on any atom is -0.507 e. The van der Waals surface area contributed by atoms with E-state index in [2.05, 4.69) is 87.2 Å². The van der Waals surface area contributed by atoms with Crippen LogP contribution in [0.15, 0.2) is 60.8 Å². The zero-order valence-corrected chi connectivity index (χ0v) is 24.5. The van der Waals surface area contributed by atoms with E-state index < -0.39 is 0 Å².